The first-order valence-corrected chi connectivity index (χ1v) is 10.8. The average Bonchev–Trinajstić information content (AvgIpc) is 3.32. The molecular weight excluding hydrogens is 396 g/mol. The molecule has 5 rings (SSSR count). The Morgan fingerprint density at radius 3 is 2.77 bits per heavy atom. The highest BCUT2D eigenvalue weighted by Gasteiger charge is 2.31. The number of aromatic nitrogens is 3. The predicted octanol–water partition coefficient (Wildman–Crippen LogP) is 3.74. The number of benzene rings is 1. The fourth-order valence-corrected chi connectivity index (χ4v) is 4.01. The van der Waals surface area contributed by atoms with Crippen molar-refractivity contribution in [3.05, 3.63) is 36.3 Å². The fraction of sp³-hybridized carbons (Fsp3) is 0.522. The smallest absolute Gasteiger partial charge is 0.258 e. The average molecular weight is 425 g/mol. The molecule has 8 heteroatoms. The van der Waals surface area contributed by atoms with Crippen molar-refractivity contribution in [1.82, 2.24) is 19.6 Å². The SMILES string of the molecule is CC(C)(C)OCN1CCC(c2noc(-c3ccc4ccn(C5COC5)c4c3)n2)CC1=O. The molecule has 1 aromatic carbocycles. The van der Waals surface area contributed by atoms with E-state index in [9.17, 15) is 4.79 Å². The number of ether oxygens (including phenoxy) is 2. The van der Waals surface area contributed by atoms with Crippen LogP contribution in [0.4, 0.5) is 0 Å². The number of hydrogen-bond acceptors (Lipinski definition) is 6. The molecule has 2 saturated heterocycles. The molecule has 1 unspecified atom stereocenters. The third-order valence-electron chi connectivity index (χ3n) is 5.97. The van der Waals surface area contributed by atoms with Crippen LogP contribution in [0.3, 0.4) is 0 Å². The molecule has 2 aromatic heterocycles. The minimum absolute atomic E-state index is 0.0318. The van der Waals surface area contributed by atoms with Crippen molar-refractivity contribution in [2.45, 2.75) is 51.2 Å². The summed E-state index contributed by atoms with van der Waals surface area (Å²) in [6.07, 6.45) is 3.27. The van der Waals surface area contributed by atoms with Gasteiger partial charge in [0.2, 0.25) is 5.91 Å². The van der Waals surface area contributed by atoms with Crippen LogP contribution < -0.4 is 0 Å². The van der Waals surface area contributed by atoms with Crippen LogP contribution in [0.15, 0.2) is 35.0 Å². The van der Waals surface area contributed by atoms with Gasteiger partial charge in [-0.2, -0.15) is 4.98 Å². The summed E-state index contributed by atoms with van der Waals surface area (Å²) in [7, 11) is 0. The standard InChI is InChI=1S/C23H28N4O4/c1-23(2,3)30-14-26-8-6-16(11-20(26)28)21-24-22(31-25-21)17-5-4-15-7-9-27(19(15)10-17)18-12-29-13-18/h4-5,7,9-10,16,18H,6,8,11-14H2,1-3H3. The highest BCUT2D eigenvalue weighted by atomic mass is 16.5. The summed E-state index contributed by atoms with van der Waals surface area (Å²) in [6, 6.07) is 8.65. The molecular formula is C23H28N4O4. The van der Waals surface area contributed by atoms with E-state index in [1.807, 2.05) is 26.8 Å². The summed E-state index contributed by atoms with van der Waals surface area (Å²) in [6.45, 7) is 8.39. The Labute approximate surface area is 181 Å². The number of hydrogen-bond donors (Lipinski definition) is 0. The lowest BCUT2D eigenvalue weighted by atomic mass is 9.96. The van der Waals surface area contributed by atoms with Gasteiger partial charge in [-0.3, -0.25) is 4.79 Å². The van der Waals surface area contributed by atoms with Crippen molar-refractivity contribution >= 4 is 16.8 Å². The van der Waals surface area contributed by atoms with E-state index in [1.54, 1.807) is 4.90 Å². The van der Waals surface area contributed by atoms with Gasteiger partial charge in [0, 0.05) is 36.2 Å². The molecule has 0 radical (unpaired) electrons. The highest BCUT2D eigenvalue weighted by Crippen LogP contribution is 2.31. The number of piperidine rings is 1. The molecule has 0 N–H and O–H groups in total. The largest absolute Gasteiger partial charge is 0.377 e. The van der Waals surface area contributed by atoms with Gasteiger partial charge >= 0.3 is 0 Å². The zero-order valence-corrected chi connectivity index (χ0v) is 18.2. The van der Waals surface area contributed by atoms with E-state index in [-0.39, 0.29) is 17.4 Å². The quantitative estimate of drug-likeness (QED) is 0.621. The van der Waals surface area contributed by atoms with Crippen LogP contribution in [0, 0.1) is 0 Å². The van der Waals surface area contributed by atoms with Crippen molar-refractivity contribution in [1.29, 1.82) is 0 Å². The third-order valence-corrected chi connectivity index (χ3v) is 5.97. The highest BCUT2D eigenvalue weighted by molar-refractivity contribution is 5.84. The Morgan fingerprint density at radius 1 is 1.23 bits per heavy atom. The van der Waals surface area contributed by atoms with Crippen LogP contribution in [-0.2, 0) is 14.3 Å². The maximum absolute atomic E-state index is 12.6. The minimum Gasteiger partial charge on any atom is -0.377 e. The molecule has 2 aliphatic rings. The Balaban J connectivity index is 1.30. The molecule has 1 amide bonds. The van der Waals surface area contributed by atoms with E-state index in [2.05, 4.69) is 39.1 Å². The molecule has 0 aliphatic carbocycles. The van der Waals surface area contributed by atoms with Gasteiger partial charge in [-0.05, 0) is 50.8 Å². The Bertz CT molecular complexity index is 1090. The second-order valence-electron chi connectivity index (χ2n) is 9.38. The molecule has 164 valence electrons. The van der Waals surface area contributed by atoms with Crippen molar-refractivity contribution in [2.24, 2.45) is 0 Å². The molecule has 0 spiro atoms. The van der Waals surface area contributed by atoms with Gasteiger partial charge in [0.15, 0.2) is 5.82 Å². The van der Waals surface area contributed by atoms with Crippen LogP contribution in [0.5, 0.6) is 0 Å². The molecule has 3 aromatic rings. The summed E-state index contributed by atoms with van der Waals surface area (Å²) >= 11 is 0. The maximum Gasteiger partial charge on any atom is 0.258 e. The summed E-state index contributed by atoms with van der Waals surface area (Å²) in [5, 5.41) is 5.37. The van der Waals surface area contributed by atoms with Crippen molar-refractivity contribution in [3.63, 3.8) is 0 Å². The van der Waals surface area contributed by atoms with Crippen LogP contribution in [0.25, 0.3) is 22.4 Å². The third kappa shape index (κ3) is 4.09. The van der Waals surface area contributed by atoms with E-state index >= 15 is 0 Å². The molecule has 8 nitrogen and oxygen atoms in total. The lowest BCUT2D eigenvalue weighted by Gasteiger charge is -2.32. The number of carbonyl (C=O) groups excluding carboxylic acids is 1. The van der Waals surface area contributed by atoms with Crippen molar-refractivity contribution < 1.29 is 18.8 Å². The number of nitrogens with zero attached hydrogens (tertiary/aromatic N) is 4. The number of likely N-dealkylation sites (tertiary alicyclic amines) is 1. The molecule has 0 bridgehead atoms. The van der Waals surface area contributed by atoms with Crippen LogP contribution in [-0.4, -0.2) is 57.6 Å². The zero-order valence-electron chi connectivity index (χ0n) is 18.2. The monoisotopic (exact) mass is 424 g/mol. The van der Waals surface area contributed by atoms with E-state index in [1.165, 1.54) is 5.39 Å². The normalized spacial score (nSPS) is 20.4. The van der Waals surface area contributed by atoms with Gasteiger partial charge in [0.1, 0.15) is 6.73 Å². The van der Waals surface area contributed by atoms with Crippen LogP contribution in [0.2, 0.25) is 0 Å². The number of carbonyl (C=O) groups is 1. The molecule has 2 aliphatic heterocycles. The van der Waals surface area contributed by atoms with Gasteiger partial charge in [-0.1, -0.05) is 11.2 Å². The van der Waals surface area contributed by atoms with Crippen molar-refractivity contribution in [2.75, 3.05) is 26.5 Å². The predicted molar refractivity (Wildman–Crippen MR) is 114 cm³/mol. The topological polar surface area (TPSA) is 82.6 Å². The van der Waals surface area contributed by atoms with Gasteiger partial charge in [0.05, 0.1) is 24.9 Å². The first-order valence-electron chi connectivity index (χ1n) is 10.8. The number of fused-ring (bicyclic) bond motifs is 1. The van der Waals surface area contributed by atoms with E-state index < -0.39 is 0 Å². The van der Waals surface area contributed by atoms with Gasteiger partial charge in [0.25, 0.3) is 5.89 Å². The van der Waals surface area contributed by atoms with Crippen molar-refractivity contribution in [3.8, 4) is 11.5 Å². The zero-order chi connectivity index (χ0) is 21.6. The maximum atomic E-state index is 12.6. The minimum atomic E-state index is -0.272. The van der Waals surface area contributed by atoms with Gasteiger partial charge in [-0.25, -0.2) is 0 Å². The van der Waals surface area contributed by atoms with E-state index in [4.69, 9.17) is 14.0 Å². The summed E-state index contributed by atoms with van der Waals surface area (Å²) in [5.74, 6) is 1.12. The molecule has 31 heavy (non-hydrogen) atoms. The van der Waals surface area contributed by atoms with Crippen LogP contribution in [0.1, 0.15) is 51.4 Å². The lowest BCUT2D eigenvalue weighted by Crippen LogP contribution is -2.41. The molecule has 0 saturated carbocycles. The summed E-state index contributed by atoms with van der Waals surface area (Å²) < 4.78 is 18.9. The first kappa shape index (κ1) is 20.2. The van der Waals surface area contributed by atoms with Gasteiger partial charge in [-0.15, -0.1) is 0 Å². The molecule has 1 atom stereocenters. The van der Waals surface area contributed by atoms with E-state index in [0.29, 0.717) is 37.5 Å². The molecule has 4 heterocycles. The lowest BCUT2D eigenvalue weighted by molar-refractivity contribution is -0.145. The summed E-state index contributed by atoms with van der Waals surface area (Å²) in [4.78, 5) is 19.0. The Hall–Kier alpha value is -2.71. The van der Waals surface area contributed by atoms with Gasteiger partial charge < -0.3 is 23.5 Å². The number of rotatable bonds is 5. The second kappa shape index (κ2) is 7.76. The Morgan fingerprint density at radius 2 is 2.06 bits per heavy atom. The summed E-state index contributed by atoms with van der Waals surface area (Å²) in [5.41, 5.74) is 1.74. The second-order valence-corrected chi connectivity index (χ2v) is 9.38. The number of amides is 1. The fourth-order valence-electron chi connectivity index (χ4n) is 4.01. The van der Waals surface area contributed by atoms with E-state index in [0.717, 1.165) is 30.7 Å². The first-order chi connectivity index (χ1) is 14.9. The Kier molecular flexibility index (Phi) is 5.06. The molecule has 2 fully saturated rings. The van der Waals surface area contributed by atoms with Crippen LogP contribution >= 0.6 is 0 Å².